The van der Waals surface area contributed by atoms with Gasteiger partial charge in [0.05, 0.1) is 5.69 Å². The van der Waals surface area contributed by atoms with Crippen LogP contribution in [0.4, 0.5) is 0 Å². The van der Waals surface area contributed by atoms with Crippen molar-refractivity contribution in [3.8, 4) is 11.5 Å². The molecule has 1 aromatic heterocycles. The number of benzene rings is 1. The first kappa shape index (κ1) is 14.6. The van der Waals surface area contributed by atoms with Crippen LogP contribution in [0.25, 0.3) is 11.5 Å². The van der Waals surface area contributed by atoms with E-state index in [0.717, 1.165) is 43.7 Å². The van der Waals surface area contributed by atoms with E-state index >= 15 is 0 Å². The molecule has 5 heteroatoms. The van der Waals surface area contributed by atoms with Crippen molar-refractivity contribution in [1.29, 1.82) is 0 Å². The number of rotatable bonds is 5. The van der Waals surface area contributed by atoms with Crippen LogP contribution in [0.3, 0.4) is 0 Å². The van der Waals surface area contributed by atoms with Gasteiger partial charge in [0.2, 0.25) is 5.89 Å². The number of aliphatic hydroxyl groups excluding tert-OH is 1. The Bertz CT molecular complexity index is 582. The second-order valence-corrected chi connectivity index (χ2v) is 5.99. The van der Waals surface area contributed by atoms with Crippen LogP contribution in [-0.4, -0.2) is 34.7 Å². The smallest absolute Gasteiger partial charge is 0.226 e. The molecular weight excluding hydrogens is 288 g/mol. The summed E-state index contributed by atoms with van der Waals surface area (Å²) in [6.45, 7) is 3.18. The SMILES string of the molecule is OCCC1CCN(Cc2coc(-c3ccc(Cl)cc3)n2)C1. The summed E-state index contributed by atoms with van der Waals surface area (Å²) >= 11 is 5.88. The molecule has 1 aromatic carbocycles. The average molecular weight is 307 g/mol. The summed E-state index contributed by atoms with van der Waals surface area (Å²) in [4.78, 5) is 6.91. The predicted octanol–water partition coefficient (Wildman–Crippen LogP) is 3.20. The maximum absolute atomic E-state index is 9.00. The summed E-state index contributed by atoms with van der Waals surface area (Å²) in [5.74, 6) is 1.24. The summed E-state index contributed by atoms with van der Waals surface area (Å²) in [6.07, 6.45) is 3.77. The monoisotopic (exact) mass is 306 g/mol. The van der Waals surface area contributed by atoms with Crippen molar-refractivity contribution in [3.63, 3.8) is 0 Å². The van der Waals surface area contributed by atoms with Gasteiger partial charge in [0.25, 0.3) is 0 Å². The Labute approximate surface area is 129 Å². The lowest BCUT2D eigenvalue weighted by Crippen LogP contribution is -2.20. The number of aromatic nitrogens is 1. The first-order valence-corrected chi connectivity index (χ1v) is 7.66. The molecule has 0 radical (unpaired) electrons. The minimum Gasteiger partial charge on any atom is -0.444 e. The number of oxazole rings is 1. The van der Waals surface area contributed by atoms with E-state index in [-0.39, 0.29) is 6.61 Å². The van der Waals surface area contributed by atoms with Gasteiger partial charge < -0.3 is 9.52 Å². The van der Waals surface area contributed by atoms with Gasteiger partial charge in [0, 0.05) is 30.3 Å². The van der Waals surface area contributed by atoms with E-state index in [2.05, 4.69) is 9.88 Å². The topological polar surface area (TPSA) is 49.5 Å². The van der Waals surface area contributed by atoms with Gasteiger partial charge in [-0.3, -0.25) is 4.90 Å². The third kappa shape index (κ3) is 3.64. The van der Waals surface area contributed by atoms with Gasteiger partial charge >= 0.3 is 0 Å². The van der Waals surface area contributed by atoms with E-state index in [1.807, 2.05) is 24.3 Å². The zero-order chi connectivity index (χ0) is 14.7. The molecule has 1 aliphatic heterocycles. The normalized spacial score (nSPS) is 19.2. The maximum atomic E-state index is 9.00. The fourth-order valence-corrected chi connectivity index (χ4v) is 2.93. The Morgan fingerprint density at radius 1 is 1.33 bits per heavy atom. The van der Waals surface area contributed by atoms with E-state index in [1.54, 1.807) is 6.26 Å². The zero-order valence-corrected chi connectivity index (χ0v) is 12.6. The maximum Gasteiger partial charge on any atom is 0.226 e. The summed E-state index contributed by atoms with van der Waals surface area (Å²) in [5.41, 5.74) is 1.88. The Hall–Kier alpha value is -1.36. The molecule has 21 heavy (non-hydrogen) atoms. The van der Waals surface area contributed by atoms with Crippen LogP contribution in [-0.2, 0) is 6.54 Å². The van der Waals surface area contributed by atoms with Crippen molar-refractivity contribution in [2.75, 3.05) is 19.7 Å². The molecule has 1 aliphatic rings. The molecule has 4 nitrogen and oxygen atoms in total. The number of likely N-dealkylation sites (tertiary alicyclic amines) is 1. The summed E-state index contributed by atoms with van der Waals surface area (Å²) in [6, 6.07) is 7.48. The molecule has 0 amide bonds. The van der Waals surface area contributed by atoms with Crippen LogP contribution < -0.4 is 0 Å². The summed E-state index contributed by atoms with van der Waals surface area (Å²) in [7, 11) is 0. The highest BCUT2D eigenvalue weighted by Crippen LogP contribution is 2.24. The molecule has 2 aromatic rings. The Balaban J connectivity index is 1.62. The third-order valence-corrected chi connectivity index (χ3v) is 4.19. The average Bonchev–Trinajstić information content (AvgIpc) is 3.11. The zero-order valence-electron chi connectivity index (χ0n) is 11.8. The molecule has 1 saturated heterocycles. The van der Waals surface area contributed by atoms with Crippen LogP contribution >= 0.6 is 11.6 Å². The number of nitrogens with zero attached hydrogens (tertiary/aromatic N) is 2. The van der Waals surface area contributed by atoms with E-state index in [9.17, 15) is 0 Å². The largest absolute Gasteiger partial charge is 0.444 e. The van der Waals surface area contributed by atoms with Crippen molar-refractivity contribution in [1.82, 2.24) is 9.88 Å². The van der Waals surface area contributed by atoms with Crippen molar-refractivity contribution in [2.24, 2.45) is 5.92 Å². The van der Waals surface area contributed by atoms with Gasteiger partial charge in [0.15, 0.2) is 0 Å². The highest BCUT2D eigenvalue weighted by Gasteiger charge is 2.22. The van der Waals surface area contributed by atoms with Crippen LogP contribution in [0, 0.1) is 5.92 Å². The summed E-state index contributed by atoms with van der Waals surface area (Å²) in [5, 5.41) is 9.70. The highest BCUT2D eigenvalue weighted by atomic mass is 35.5. The minimum absolute atomic E-state index is 0.281. The fourth-order valence-electron chi connectivity index (χ4n) is 2.81. The van der Waals surface area contributed by atoms with Crippen LogP contribution in [0.15, 0.2) is 34.9 Å². The molecule has 1 fully saturated rings. The lowest BCUT2D eigenvalue weighted by Gasteiger charge is -2.13. The van der Waals surface area contributed by atoms with Crippen LogP contribution in [0.5, 0.6) is 0 Å². The second kappa shape index (κ2) is 6.60. The number of hydrogen-bond donors (Lipinski definition) is 1. The predicted molar refractivity (Wildman–Crippen MR) is 82.0 cm³/mol. The molecule has 1 N–H and O–H groups in total. The molecule has 3 rings (SSSR count). The molecule has 2 heterocycles. The Kier molecular flexibility index (Phi) is 4.58. The molecule has 0 saturated carbocycles. The molecule has 0 aliphatic carbocycles. The van der Waals surface area contributed by atoms with Crippen LogP contribution in [0.2, 0.25) is 5.02 Å². The van der Waals surface area contributed by atoms with Gasteiger partial charge in [-0.25, -0.2) is 4.98 Å². The lowest BCUT2D eigenvalue weighted by atomic mass is 10.1. The Morgan fingerprint density at radius 2 is 2.14 bits per heavy atom. The summed E-state index contributed by atoms with van der Waals surface area (Å²) < 4.78 is 5.55. The van der Waals surface area contributed by atoms with Crippen molar-refractivity contribution in [3.05, 3.63) is 41.2 Å². The van der Waals surface area contributed by atoms with Crippen molar-refractivity contribution >= 4 is 11.6 Å². The second-order valence-electron chi connectivity index (χ2n) is 5.55. The number of halogens is 1. The fraction of sp³-hybridized carbons (Fsp3) is 0.438. The third-order valence-electron chi connectivity index (χ3n) is 3.94. The first-order valence-electron chi connectivity index (χ1n) is 7.28. The number of aliphatic hydroxyl groups is 1. The standard InChI is InChI=1S/C16H19ClN2O2/c17-14-3-1-13(2-4-14)16-18-15(11-21-16)10-19-7-5-12(9-19)6-8-20/h1-4,11-12,20H,5-10H2. The number of hydrogen-bond acceptors (Lipinski definition) is 4. The molecular formula is C16H19ClN2O2. The van der Waals surface area contributed by atoms with Crippen molar-refractivity contribution in [2.45, 2.75) is 19.4 Å². The van der Waals surface area contributed by atoms with Gasteiger partial charge in [0.1, 0.15) is 6.26 Å². The lowest BCUT2D eigenvalue weighted by molar-refractivity contribution is 0.249. The van der Waals surface area contributed by atoms with E-state index in [0.29, 0.717) is 16.8 Å². The molecule has 0 bridgehead atoms. The van der Waals surface area contributed by atoms with Crippen LogP contribution in [0.1, 0.15) is 18.5 Å². The quantitative estimate of drug-likeness (QED) is 0.921. The first-order chi connectivity index (χ1) is 10.2. The van der Waals surface area contributed by atoms with Gasteiger partial charge in [-0.1, -0.05) is 11.6 Å². The van der Waals surface area contributed by atoms with Crippen molar-refractivity contribution < 1.29 is 9.52 Å². The molecule has 1 unspecified atom stereocenters. The molecule has 1 atom stereocenters. The van der Waals surface area contributed by atoms with Gasteiger partial charge in [-0.05, 0) is 49.6 Å². The molecule has 112 valence electrons. The minimum atomic E-state index is 0.281. The van der Waals surface area contributed by atoms with E-state index < -0.39 is 0 Å². The molecule has 0 spiro atoms. The van der Waals surface area contributed by atoms with Gasteiger partial charge in [-0.15, -0.1) is 0 Å². The van der Waals surface area contributed by atoms with E-state index in [1.165, 1.54) is 0 Å². The van der Waals surface area contributed by atoms with E-state index in [4.69, 9.17) is 21.1 Å². The highest BCUT2D eigenvalue weighted by molar-refractivity contribution is 6.30. The van der Waals surface area contributed by atoms with Gasteiger partial charge in [-0.2, -0.15) is 0 Å². The Morgan fingerprint density at radius 3 is 2.90 bits per heavy atom.